The van der Waals surface area contributed by atoms with E-state index in [2.05, 4.69) is 0 Å². The van der Waals surface area contributed by atoms with Gasteiger partial charge in [-0.3, -0.25) is 0 Å². The van der Waals surface area contributed by atoms with Crippen molar-refractivity contribution in [2.24, 2.45) is 0 Å². The van der Waals surface area contributed by atoms with Gasteiger partial charge in [0, 0.05) is 13.2 Å². The number of aliphatic hydroxyl groups is 4. The van der Waals surface area contributed by atoms with E-state index in [0.717, 1.165) is 5.56 Å². The summed E-state index contributed by atoms with van der Waals surface area (Å²) < 4.78 is 0. The highest BCUT2D eigenvalue weighted by Gasteiger charge is 2.19. The first kappa shape index (κ1) is 14.1. The molecule has 2 atom stereocenters. The van der Waals surface area contributed by atoms with Crippen LogP contribution in [-0.4, -0.2) is 39.7 Å². The Balaban J connectivity index is 2.80. The molecule has 0 fully saturated rings. The minimum Gasteiger partial charge on any atom is -0.396 e. The molecule has 0 bridgehead atoms. The lowest BCUT2D eigenvalue weighted by molar-refractivity contribution is 0.00372. The van der Waals surface area contributed by atoms with Crippen LogP contribution in [0.2, 0.25) is 0 Å². The van der Waals surface area contributed by atoms with Crippen LogP contribution in [0.15, 0.2) is 24.3 Å². The van der Waals surface area contributed by atoms with Gasteiger partial charge < -0.3 is 20.4 Å². The molecule has 96 valence electrons. The molecule has 17 heavy (non-hydrogen) atoms. The highest BCUT2D eigenvalue weighted by molar-refractivity contribution is 5.29. The molecule has 4 heteroatoms. The van der Waals surface area contributed by atoms with Crippen LogP contribution in [0.25, 0.3) is 0 Å². The molecule has 0 aromatic heterocycles. The van der Waals surface area contributed by atoms with Crippen molar-refractivity contribution in [1.29, 1.82) is 0 Å². The third-order valence-corrected chi connectivity index (χ3v) is 2.77. The summed E-state index contributed by atoms with van der Waals surface area (Å²) in [5, 5.41) is 37.2. The molecule has 0 aliphatic heterocycles. The zero-order chi connectivity index (χ0) is 12.7. The number of rotatable bonds is 7. The lowest BCUT2D eigenvalue weighted by Gasteiger charge is -2.20. The van der Waals surface area contributed by atoms with E-state index in [1.165, 1.54) is 0 Å². The Kier molecular flexibility index (Phi) is 6.15. The van der Waals surface area contributed by atoms with Gasteiger partial charge in [-0.25, -0.2) is 0 Å². The van der Waals surface area contributed by atoms with E-state index >= 15 is 0 Å². The van der Waals surface area contributed by atoms with E-state index in [9.17, 15) is 10.2 Å². The second-order valence-electron chi connectivity index (χ2n) is 4.05. The molecule has 0 saturated heterocycles. The summed E-state index contributed by atoms with van der Waals surface area (Å²) >= 11 is 0. The number of hydrogen-bond acceptors (Lipinski definition) is 4. The van der Waals surface area contributed by atoms with Crippen LogP contribution in [0.4, 0.5) is 0 Å². The second-order valence-corrected chi connectivity index (χ2v) is 4.05. The monoisotopic (exact) mass is 240 g/mol. The summed E-state index contributed by atoms with van der Waals surface area (Å²) in [5.41, 5.74) is 1.59. The third-order valence-electron chi connectivity index (χ3n) is 2.77. The summed E-state index contributed by atoms with van der Waals surface area (Å²) in [6.45, 7) is -0.0549. The third kappa shape index (κ3) is 4.09. The molecular formula is C13H20O4. The van der Waals surface area contributed by atoms with E-state index in [1.54, 1.807) is 12.1 Å². The number of benzene rings is 1. The molecule has 4 nitrogen and oxygen atoms in total. The Bertz CT molecular complexity index is 327. The zero-order valence-electron chi connectivity index (χ0n) is 9.79. The predicted octanol–water partition coefficient (Wildman–Crippen LogP) is 0.388. The van der Waals surface area contributed by atoms with Gasteiger partial charge in [-0.2, -0.15) is 0 Å². The Morgan fingerprint density at radius 1 is 1.00 bits per heavy atom. The molecule has 0 aliphatic rings. The molecule has 0 spiro atoms. The van der Waals surface area contributed by atoms with Crippen molar-refractivity contribution in [3.63, 3.8) is 0 Å². The normalized spacial score (nSPS) is 14.6. The van der Waals surface area contributed by atoms with Crippen LogP contribution in [0.1, 0.15) is 30.1 Å². The zero-order valence-corrected chi connectivity index (χ0v) is 9.79. The van der Waals surface area contributed by atoms with Gasteiger partial charge in [0.1, 0.15) is 6.10 Å². The fourth-order valence-corrected chi connectivity index (χ4v) is 1.82. The largest absolute Gasteiger partial charge is 0.396 e. The van der Waals surface area contributed by atoms with Crippen molar-refractivity contribution in [2.45, 2.75) is 31.5 Å². The Morgan fingerprint density at radius 2 is 1.71 bits per heavy atom. The minimum atomic E-state index is -0.989. The first-order valence-corrected chi connectivity index (χ1v) is 5.86. The van der Waals surface area contributed by atoms with Gasteiger partial charge in [0.05, 0.1) is 6.10 Å². The summed E-state index contributed by atoms with van der Waals surface area (Å²) in [7, 11) is 0. The first-order valence-electron chi connectivity index (χ1n) is 5.86. The molecular weight excluding hydrogens is 220 g/mol. The molecule has 4 N–H and O–H groups in total. The van der Waals surface area contributed by atoms with Crippen molar-refractivity contribution < 1.29 is 20.4 Å². The van der Waals surface area contributed by atoms with Crippen LogP contribution in [-0.2, 0) is 6.42 Å². The second kappa shape index (κ2) is 7.40. The van der Waals surface area contributed by atoms with Gasteiger partial charge in [-0.1, -0.05) is 24.3 Å². The van der Waals surface area contributed by atoms with Crippen molar-refractivity contribution in [2.75, 3.05) is 13.2 Å². The maximum atomic E-state index is 9.98. The van der Waals surface area contributed by atoms with Crippen LogP contribution in [0.5, 0.6) is 0 Å². The summed E-state index contributed by atoms with van der Waals surface area (Å²) in [4.78, 5) is 0. The maximum Gasteiger partial charge on any atom is 0.105 e. The average Bonchev–Trinajstić information content (AvgIpc) is 2.36. The average molecular weight is 240 g/mol. The van der Waals surface area contributed by atoms with E-state index in [1.807, 2.05) is 12.1 Å². The van der Waals surface area contributed by atoms with E-state index in [-0.39, 0.29) is 19.6 Å². The highest BCUT2D eigenvalue weighted by atomic mass is 16.3. The summed E-state index contributed by atoms with van der Waals surface area (Å²) in [6, 6.07) is 7.30. The van der Waals surface area contributed by atoms with Crippen molar-refractivity contribution in [3.05, 3.63) is 35.4 Å². The van der Waals surface area contributed by atoms with Crippen LogP contribution >= 0.6 is 0 Å². The summed E-state index contributed by atoms with van der Waals surface area (Å²) in [5.74, 6) is 0. The number of aliphatic hydroxyl groups excluding tert-OH is 4. The standard InChI is InChI=1S/C13H20O4/c14-8-3-5-10-4-1-2-6-11(10)13(17)12(16)7-9-15/h1-2,4,6,12-17H,3,5,7-9H2. The molecule has 1 aromatic rings. The van der Waals surface area contributed by atoms with E-state index < -0.39 is 12.2 Å². The lowest BCUT2D eigenvalue weighted by Crippen LogP contribution is -2.20. The van der Waals surface area contributed by atoms with Crippen LogP contribution in [0.3, 0.4) is 0 Å². The number of aryl methyl sites for hydroxylation is 1. The molecule has 1 aromatic carbocycles. The molecule has 2 unspecified atom stereocenters. The summed E-state index contributed by atoms with van der Waals surface area (Å²) in [6.07, 6.45) is -0.516. The van der Waals surface area contributed by atoms with Crippen molar-refractivity contribution >= 4 is 0 Å². The molecule has 0 aliphatic carbocycles. The van der Waals surface area contributed by atoms with Gasteiger partial charge in [0.2, 0.25) is 0 Å². The minimum absolute atomic E-state index is 0.101. The Hall–Kier alpha value is -0.940. The fraction of sp³-hybridized carbons (Fsp3) is 0.538. The Morgan fingerprint density at radius 3 is 2.35 bits per heavy atom. The lowest BCUT2D eigenvalue weighted by atomic mass is 9.95. The maximum absolute atomic E-state index is 9.98. The molecule has 0 amide bonds. The van der Waals surface area contributed by atoms with Crippen LogP contribution in [0, 0.1) is 0 Å². The highest BCUT2D eigenvalue weighted by Crippen LogP contribution is 2.23. The van der Waals surface area contributed by atoms with Gasteiger partial charge in [0.25, 0.3) is 0 Å². The van der Waals surface area contributed by atoms with Gasteiger partial charge in [0.15, 0.2) is 0 Å². The van der Waals surface area contributed by atoms with Gasteiger partial charge in [-0.05, 0) is 30.4 Å². The van der Waals surface area contributed by atoms with Crippen molar-refractivity contribution in [3.8, 4) is 0 Å². The SMILES string of the molecule is OCCCc1ccccc1C(O)C(O)CCO. The molecule has 0 radical (unpaired) electrons. The number of hydrogen-bond donors (Lipinski definition) is 4. The molecule has 0 heterocycles. The quantitative estimate of drug-likeness (QED) is 0.556. The van der Waals surface area contributed by atoms with E-state index in [4.69, 9.17) is 10.2 Å². The molecule has 1 rings (SSSR count). The first-order chi connectivity index (χ1) is 8.20. The van der Waals surface area contributed by atoms with Gasteiger partial charge in [-0.15, -0.1) is 0 Å². The molecule has 0 saturated carbocycles. The fourth-order valence-electron chi connectivity index (χ4n) is 1.82. The smallest absolute Gasteiger partial charge is 0.105 e. The Labute approximate surface area is 101 Å². The van der Waals surface area contributed by atoms with Gasteiger partial charge >= 0.3 is 0 Å². The predicted molar refractivity (Wildman–Crippen MR) is 64.5 cm³/mol. The van der Waals surface area contributed by atoms with Crippen LogP contribution < -0.4 is 0 Å². The topological polar surface area (TPSA) is 80.9 Å². The van der Waals surface area contributed by atoms with E-state index in [0.29, 0.717) is 18.4 Å². The van der Waals surface area contributed by atoms with Crippen molar-refractivity contribution in [1.82, 2.24) is 0 Å².